The van der Waals surface area contributed by atoms with Crippen molar-refractivity contribution in [3.05, 3.63) is 65.8 Å². The van der Waals surface area contributed by atoms with Crippen LogP contribution in [0, 0.1) is 0 Å². The number of benzene rings is 1. The van der Waals surface area contributed by atoms with Crippen molar-refractivity contribution in [1.82, 2.24) is 0 Å². The summed E-state index contributed by atoms with van der Waals surface area (Å²) in [6, 6.07) is 4.85. The molecule has 1 aromatic carbocycles. The van der Waals surface area contributed by atoms with Gasteiger partial charge in [0.15, 0.2) is 0 Å². The third kappa shape index (κ3) is 2.46. The van der Waals surface area contributed by atoms with Gasteiger partial charge in [-0.05, 0) is 23.8 Å². The Kier molecular flexibility index (Phi) is 3.53. The molecule has 1 aromatic rings. The van der Waals surface area contributed by atoms with Crippen LogP contribution in [0.5, 0.6) is 11.5 Å². The van der Waals surface area contributed by atoms with Crippen LogP contribution in [0.25, 0.3) is 5.76 Å². The number of hydrogen-bond acceptors (Lipinski definition) is 3. The summed E-state index contributed by atoms with van der Waals surface area (Å²) in [7, 11) is 1.49. The minimum Gasteiger partial charge on any atom is -0.507 e. The maximum atomic E-state index is 10.0. The molecule has 1 aliphatic rings. The Morgan fingerprint density at radius 1 is 1.22 bits per heavy atom. The van der Waals surface area contributed by atoms with Gasteiger partial charge < -0.3 is 14.9 Å². The van der Waals surface area contributed by atoms with Gasteiger partial charge in [0.1, 0.15) is 17.3 Å². The Balaban J connectivity index is 2.36. The number of phenolic OH excluding ortho intramolecular Hbond substituents is 1. The highest BCUT2D eigenvalue weighted by Crippen LogP contribution is 2.32. The summed E-state index contributed by atoms with van der Waals surface area (Å²) in [6.07, 6.45) is 11.0. The molecule has 0 unspecified atom stereocenters. The van der Waals surface area contributed by atoms with E-state index in [0.717, 1.165) is 5.57 Å². The second-order valence-corrected chi connectivity index (χ2v) is 3.79. The Hall–Kier alpha value is -2.42. The summed E-state index contributed by atoms with van der Waals surface area (Å²) >= 11 is 0. The van der Waals surface area contributed by atoms with Crippen LogP contribution in [0.15, 0.2) is 60.2 Å². The first-order valence-electron chi connectivity index (χ1n) is 5.54. The molecule has 2 rings (SSSR count). The molecule has 0 amide bonds. The number of aliphatic hydroxyl groups is 1. The monoisotopic (exact) mass is 242 g/mol. The molecule has 0 aromatic heterocycles. The summed E-state index contributed by atoms with van der Waals surface area (Å²) in [6.45, 7) is 0. The lowest BCUT2D eigenvalue weighted by Gasteiger charge is -2.08. The molecule has 0 heterocycles. The second kappa shape index (κ2) is 5.27. The molecular weight excluding hydrogens is 228 g/mol. The smallest absolute Gasteiger partial charge is 0.133 e. The maximum Gasteiger partial charge on any atom is 0.133 e. The number of ether oxygens (including phenoxy) is 1. The number of rotatable bonds is 3. The predicted octanol–water partition coefficient (Wildman–Crippen LogP) is 3.35. The molecule has 3 heteroatoms. The van der Waals surface area contributed by atoms with Crippen molar-refractivity contribution in [1.29, 1.82) is 0 Å². The van der Waals surface area contributed by atoms with E-state index in [1.807, 2.05) is 24.3 Å². The third-order valence-electron chi connectivity index (χ3n) is 2.60. The first-order chi connectivity index (χ1) is 8.72. The number of methoxy groups -OCH3 is 1. The highest BCUT2D eigenvalue weighted by Gasteiger charge is 2.11. The van der Waals surface area contributed by atoms with Crippen molar-refractivity contribution >= 4 is 5.76 Å². The van der Waals surface area contributed by atoms with Crippen LogP contribution in [0.4, 0.5) is 0 Å². The van der Waals surface area contributed by atoms with Crippen LogP contribution in [-0.4, -0.2) is 17.3 Å². The Morgan fingerprint density at radius 3 is 2.61 bits per heavy atom. The lowest BCUT2D eigenvalue weighted by atomic mass is 10.1. The maximum absolute atomic E-state index is 10.0. The molecule has 2 N–H and O–H groups in total. The van der Waals surface area contributed by atoms with Crippen LogP contribution >= 0.6 is 0 Å². The zero-order valence-corrected chi connectivity index (χ0v) is 10.00. The van der Waals surface area contributed by atoms with Crippen molar-refractivity contribution in [3.8, 4) is 11.5 Å². The van der Waals surface area contributed by atoms with Gasteiger partial charge in [0.25, 0.3) is 0 Å². The van der Waals surface area contributed by atoms with E-state index in [0.29, 0.717) is 11.3 Å². The minimum absolute atomic E-state index is 0.0148. The number of allylic oxidation sites excluding steroid dienone is 7. The first kappa shape index (κ1) is 12.0. The van der Waals surface area contributed by atoms with Gasteiger partial charge in [0, 0.05) is 0 Å². The quantitative estimate of drug-likeness (QED) is 0.799. The van der Waals surface area contributed by atoms with Crippen LogP contribution in [-0.2, 0) is 0 Å². The highest BCUT2D eigenvalue weighted by atomic mass is 16.5. The van der Waals surface area contributed by atoms with E-state index in [1.165, 1.54) is 19.3 Å². The van der Waals surface area contributed by atoms with E-state index in [4.69, 9.17) is 4.74 Å². The van der Waals surface area contributed by atoms with Crippen molar-refractivity contribution < 1.29 is 14.9 Å². The standard InChI is InChI=1S/C15H14O3/c1-18-14-8-4-7-12(16)15(14)13(17)10-9-11-5-2-3-6-11/h2-10,16-17H,1H3. The van der Waals surface area contributed by atoms with Crippen molar-refractivity contribution in [2.45, 2.75) is 0 Å². The molecule has 1 aliphatic carbocycles. The Morgan fingerprint density at radius 2 is 1.94 bits per heavy atom. The van der Waals surface area contributed by atoms with E-state index >= 15 is 0 Å². The molecule has 0 aliphatic heterocycles. The van der Waals surface area contributed by atoms with Gasteiger partial charge in [-0.25, -0.2) is 0 Å². The minimum atomic E-state index is -0.0360. The number of aliphatic hydroxyl groups excluding tert-OH is 1. The number of aromatic hydroxyl groups is 1. The molecule has 0 fully saturated rings. The van der Waals surface area contributed by atoms with Gasteiger partial charge in [-0.3, -0.25) is 0 Å². The summed E-state index contributed by atoms with van der Waals surface area (Å²) in [5, 5.41) is 19.8. The average molecular weight is 242 g/mol. The fourth-order valence-electron chi connectivity index (χ4n) is 1.71. The molecule has 18 heavy (non-hydrogen) atoms. The molecule has 0 saturated heterocycles. The third-order valence-corrected chi connectivity index (χ3v) is 2.60. The van der Waals surface area contributed by atoms with E-state index in [2.05, 4.69) is 0 Å². The van der Waals surface area contributed by atoms with E-state index in [9.17, 15) is 10.2 Å². The summed E-state index contributed by atoms with van der Waals surface area (Å²) in [4.78, 5) is 0. The van der Waals surface area contributed by atoms with Crippen LogP contribution in [0.1, 0.15) is 5.56 Å². The molecule has 92 valence electrons. The van der Waals surface area contributed by atoms with Gasteiger partial charge >= 0.3 is 0 Å². The lowest BCUT2D eigenvalue weighted by molar-refractivity contribution is 0.398. The van der Waals surface area contributed by atoms with E-state index < -0.39 is 0 Å². The highest BCUT2D eigenvalue weighted by molar-refractivity contribution is 5.71. The zero-order chi connectivity index (χ0) is 13.0. The van der Waals surface area contributed by atoms with Crippen LogP contribution in [0.2, 0.25) is 0 Å². The SMILES string of the molecule is COc1cccc(O)c1C(O)=CC=C1C=CC=C1. The fraction of sp³-hybridized carbons (Fsp3) is 0.0667. The van der Waals surface area contributed by atoms with Gasteiger partial charge in [-0.15, -0.1) is 0 Å². The molecule has 0 saturated carbocycles. The van der Waals surface area contributed by atoms with Crippen molar-refractivity contribution in [2.75, 3.05) is 7.11 Å². The molecule has 0 radical (unpaired) electrons. The Bertz CT molecular complexity index is 549. The normalized spacial score (nSPS) is 14.1. The van der Waals surface area contributed by atoms with Crippen LogP contribution < -0.4 is 4.74 Å². The van der Waals surface area contributed by atoms with Gasteiger partial charge in [0.05, 0.1) is 12.7 Å². The van der Waals surface area contributed by atoms with Crippen LogP contribution in [0.3, 0.4) is 0 Å². The number of hydrogen-bond donors (Lipinski definition) is 2. The molecule has 3 nitrogen and oxygen atoms in total. The van der Waals surface area contributed by atoms with E-state index in [1.54, 1.807) is 18.2 Å². The van der Waals surface area contributed by atoms with Crippen molar-refractivity contribution in [3.63, 3.8) is 0 Å². The second-order valence-electron chi connectivity index (χ2n) is 3.79. The molecule has 0 spiro atoms. The Labute approximate surface area is 106 Å². The summed E-state index contributed by atoms with van der Waals surface area (Å²) < 4.78 is 5.11. The topological polar surface area (TPSA) is 49.7 Å². The zero-order valence-electron chi connectivity index (χ0n) is 10.00. The molecular formula is C15H14O3. The summed E-state index contributed by atoms with van der Waals surface area (Å²) in [5.74, 6) is 0.379. The van der Waals surface area contributed by atoms with Gasteiger partial charge in [-0.1, -0.05) is 36.4 Å². The van der Waals surface area contributed by atoms with Gasteiger partial charge in [-0.2, -0.15) is 0 Å². The molecule has 0 bridgehead atoms. The predicted molar refractivity (Wildman–Crippen MR) is 71.6 cm³/mol. The van der Waals surface area contributed by atoms with Crippen molar-refractivity contribution in [2.24, 2.45) is 0 Å². The fourth-order valence-corrected chi connectivity index (χ4v) is 1.71. The van der Waals surface area contributed by atoms with E-state index in [-0.39, 0.29) is 11.5 Å². The number of phenols is 1. The molecule has 0 atom stereocenters. The largest absolute Gasteiger partial charge is 0.507 e. The first-order valence-corrected chi connectivity index (χ1v) is 5.54. The van der Waals surface area contributed by atoms with Gasteiger partial charge in [0.2, 0.25) is 0 Å². The lowest BCUT2D eigenvalue weighted by Crippen LogP contribution is -1.91. The summed E-state index contributed by atoms with van der Waals surface area (Å²) in [5.41, 5.74) is 1.28. The average Bonchev–Trinajstić information content (AvgIpc) is 2.88.